The van der Waals surface area contributed by atoms with Gasteiger partial charge < -0.3 is 15.2 Å². The van der Waals surface area contributed by atoms with Gasteiger partial charge in [0, 0.05) is 12.6 Å². The van der Waals surface area contributed by atoms with Crippen molar-refractivity contribution in [2.75, 3.05) is 0 Å². The molecule has 82 valence electrons. The highest BCUT2D eigenvalue weighted by Gasteiger charge is 2.10. The molecule has 1 aromatic carbocycles. The van der Waals surface area contributed by atoms with E-state index in [1.807, 2.05) is 0 Å². The third kappa shape index (κ3) is 2.03. The van der Waals surface area contributed by atoms with Gasteiger partial charge in [0.2, 0.25) is 0 Å². The largest absolute Gasteiger partial charge is 0.507 e. The first-order valence-corrected chi connectivity index (χ1v) is 4.69. The Morgan fingerprint density at radius 2 is 2.25 bits per heavy atom. The fraction of sp³-hybridized carbons (Fsp3) is 0.0909. The van der Waals surface area contributed by atoms with Gasteiger partial charge in [-0.05, 0) is 17.7 Å². The van der Waals surface area contributed by atoms with E-state index >= 15 is 0 Å². The molecular formula is C11H10N2O3. The number of H-pyrrole nitrogens is 1. The average molecular weight is 218 g/mol. The molecule has 0 aliphatic carbocycles. The fourth-order valence-electron chi connectivity index (χ4n) is 1.46. The molecule has 0 aliphatic rings. The second-order valence-electron chi connectivity index (χ2n) is 3.39. The number of aromatic amines is 1. The van der Waals surface area contributed by atoms with Crippen LogP contribution in [0.25, 0.3) is 0 Å². The lowest BCUT2D eigenvalue weighted by atomic mass is 10.1. The van der Waals surface area contributed by atoms with Crippen molar-refractivity contribution < 1.29 is 15.0 Å². The molecule has 0 amide bonds. The van der Waals surface area contributed by atoms with Crippen molar-refractivity contribution in [2.45, 2.75) is 6.42 Å². The second kappa shape index (κ2) is 4.06. The topological polar surface area (TPSA) is 86.2 Å². The zero-order chi connectivity index (χ0) is 11.5. The van der Waals surface area contributed by atoms with Crippen LogP contribution >= 0.6 is 0 Å². The van der Waals surface area contributed by atoms with Gasteiger partial charge in [-0.2, -0.15) is 0 Å². The molecule has 0 saturated heterocycles. The number of benzene rings is 1. The van der Waals surface area contributed by atoms with E-state index in [1.165, 1.54) is 12.1 Å². The summed E-state index contributed by atoms with van der Waals surface area (Å²) >= 11 is 0. The number of aromatic nitrogens is 2. The molecule has 0 bridgehead atoms. The number of phenols is 1. The van der Waals surface area contributed by atoms with Gasteiger partial charge in [-0.1, -0.05) is 6.07 Å². The number of nitrogens with one attached hydrogen (secondary N) is 1. The second-order valence-corrected chi connectivity index (χ2v) is 3.39. The third-order valence-electron chi connectivity index (χ3n) is 2.23. The summed E-state index contributed by atoms with van der Waals surface area (Å²) in [6.07, 6.45) is 3.84. The predicted octanol–water partition coefficient (Wildman–Crippen LogP) is 1.40. The van der Waals surface area contributed by atoms with E-state index in [1.54, 1.807) is 18.6 Å². The number of hydrogen-bond donors (Lipinski definition) is 3. The molecule has 1 aromatic heterocycles. The number of aromatic hydroxyl groups is 1. The fourth-order valence-corrected chi connectivity index (χ4v) is 1.46. The Labute approximate surface area is 91.4 Å². The summed E-state index contributed by atoms with van der Waals surface area (Å²) in [5, 5.41) is 18.2. The van der Waals surface area contributed by atoms with E-state index < -0.39 is 5.97 Å². The van der Waals surface area contributed by atoms with Gasteiger partial charge in [0.15, 0.2) is 0 Å². The van der Waals surface area contributed by atoms with E-state index in [9.17, 15) is 9.90 Å². The van der Waals surface area contributed by atoms with E-state index in [0.717, 1.165) is 11.3 Å². The van der Waals surface area contributed by atoms with Crippen LogP contribution in [-0.2, 0) is 6.42 Å². The first kappa shape index (κ1) is 10.2. The first-order chi connectivity index (χ1) is 7.66. The number of nitrogens with zero attached hydrogens (tertiary/aromatic N) is 1. The number of imidazole rings is 1. The molecule has 2 aromatic rings. The van der Waals surface area contributed by atoms with Crippen LogP contribution in [0.4, 0.5) is 0 Å². The summed E-state index contributed by atoms with van der Waals surface area (Å²) in [6.45, 7) is 0. The summed E-state index contributed by atoms with van der Waals surface area (Å²) in [5.41, 5.74) is 1.53. The van der Waals surface area contributed by atoms with Crippen LogP contribution in [0.15, 0.2) is 30.7 Å². The van der Waals surface area contributed by atoms with Crippen molar-refractivity contribution in [1.29, 1.82) is 0 Å². The van der Waals surface area contributed by atoms with Crippen LogP contribution in [-0.4, -0.2) is 26.2 Å². The number of aromatic carboxylic acids is 1. The summed E-state index contributed by atoms with van der Waals surface area (Å²) in [6, 6.07) is 4.51. The lowest BCUT2D eigenvalue weighted by molar-refractivity contribution is 0.0693. The molecule has 0 aliphatic heterocycles. The van der Waals surface area contributed by atoms with Crippen molar-refractivity contribution in [3.05, 3.63) is 47.5 Å². The normalized spacial score (nSPS) is 10.2. The number of hydrogen-bond acceptors (Lipinski definition) is 3. The van der Waals surface area contributed by atoms with Gasteiger partial charge in [0.25, 0.3) is 0 Å². The van der Waals surface area contributed by atoms with Crippen molar-refractivity contribution in [3.63, 3.8) is 0 Å². The molecule has 0 atom stereocenters. The quantitative estimate of drug-likeness (QED) is 0.726. The van der Waals surface area contributed by atoms with Gasteiger partial charge in [0.05, 0.1) is 12.0 Å². The Morgan fingerprint density at radius 1 is 1.44 bits per heavy atom. The zero-order valence-electron chi connectivity index (χ0n) is 8.34. The highest BCUT2D eigenvalue weighted by atomic mass is 16.4. The van der Waals surface area contributed by atoms with Crippen molar-refractivity contribution in [3.8, 4) is 5.75 Å². The minimum absolute atomic E-state index is 0.0898. The van der Waals surface area contributed by atoms with E-state index in [-0.39, 0.29) is 11.3 Å². The van der Waals surface area contributed by atoms with Crippen molar-refractivity contribution in [1.82, 2.24) is 9.97 Å². The molecule has 2 rings (SSSR count). The molecule has 0 unspecified atom stereocenters. The molecule has 0 radical (unpaired) electrons. The average Bonchev–Trinajstić information content (AvgIpc) is 2.73. The lowest BCUT2D eigenvalue weighted by Crippen LogP contribution is -1.99. The third-order valence-corrected chi connectivity index (χ3v) is 2.23. The Hall–Kier alpha value is -2.30. The van der Waals surface area contributed by atoms with E-state index in [0.29, 0.717) is 6.42 Å². The molecular weight excluding hydrogens is 208 g/mol. The smallest absolute Gasteiger partial charge is 0.339 e. The van der Waals surface area contributed by atoms with Crippen LogP contribution in [0.1, 0.15) is 21.6 Å². The number of carboxylic acid groups (broad SMARTS) is 1. The van der Waals surface area contributed by atoms with Crippen LogP contribution < -0.4 is 0 Å². The van der Waals surface area contributed by atoms with Gasteiger partial charge in [-0.15, -0.1) is 0 Å². The summed E-state index contributed by atoms with van der Waals surface area (Å²) in [7, 11) is 0. The Kier molecular flexibility index (Phi) is 2.59. The van der Waals surface area contributed by atoms with Gasteiger partial charge in [-0.3, -0.25) is 0 Å². The molecule has 0 spiro atoms. The monoisotopic (exact) mass is 218 g/mol. The molecule has 1 heterocycles. The Bertz CT molecular complexity index is 506. The standard InChI is InChI=1S/C11H10N2O3/c14-10-2-1-7(4-9(10)11(15)16)3-8-5-12-6-13-8/h1-2,4-6,14H,3H2,(H,12,13)(H,15,16). The highest BCUT2D eigenvalue weighted by Crippen LogP contribution is 2.19. The number of carboxylic acids is 1. The molecule has 5 heteroatoms. The molecule has 16 heavy (non-hydrogen) atoms. The molecule has 0 fully saturated rings. The maximum absolute atomic E-state index is 10.8. The maximum atomic E-state index is 10.8. The SMILES string of the molecule is O=C(O)c1cc(Cc2c[nH]cn2)ccc1O. The predicted molar refractivity (Wildman–Crippen MR) is 56.5 cm³/mol. The zero-order valence-corrected chi connectivity index (χ0v) is 8.34. The van der Waals surface area contributed by atoms with E-state index in [4.69, 9.17) is 5.11 Å². The minimum Gasteiger partial charge on any atom is -0.507 e. The Balaban J connectivity index is 2.29. The van der Waals surface area contributed by atoms with Crippen LogP contribution in [0.2, 0.25) is 0 Å². The van der Waals surface area contributed by atoms with Crippen LogP contribution in [0.3, 0.4) is 0 Å². The van der Waals surface area contributed by atoms with Gasteiger partial charge >= 0.3 is 5.97 Å². The van der Waals surface area contributed by atoms with Crippen LogP contribution in [0.5, 0.6) is 5.75 Å². The first-order valence-electron chi connectivity index (χ1n) is 4.69. The van der Waals surface area contributed by atoms with Crippen molar-refractivity contribution >= 4 is 5.97 Å². The number of carbonyl (C=O) groups is 1. The minimum atomic E-state index is -1.14. The summed E-state index contributed by atoms with van der Waals surface area (Å²) < 4.78 is 0. The Morgan fingerprint density at radius 3 is 2.88 bits per heavy atom. The van der Waals surface area contributed by atoms with Gasteiger partial charge in [-0.25, -0.2) is 9.78 Å². The maximum Gasteiger partial charge on any atom is 0.339 e. The van der Waals surface area contributed by atoms with E-state index in [2.05, 4.69) is 9.97 Å². The lowest BCUT2D eigenvalue weighted by Gasteiger charge is -2.03. The molecule has 3 N–H and O–H groups in total. The summed E-state index contributed by atoms with van der Waals surface area (Å²) in [4.78, 5) is 17.7. The van der Waals surface area contributed by atoms with Crippen LogP contribution in [0, 0.1) is 0 Å². The molecule has 5 nitrogen and oxygen atoms in total. The summed E-state index contributed by atoms with van der Waals surface area (Å²) in [5.74, 6) is -1.36. The van der Waals surface area contributed by atoms with Crippen molar-refractivity contribution in [2.24, 2.45) is 0 Å². The van der Waals surface area contributed by atoms with Gasteiger partial charge in [0.1, 0.15) is 11.3 Å². The number of rotatable bonds is 3. The highest BCUT2D eigenvalue weighted by molar-refractivity contribution is 5.90. The molecule has 0 saturated carbocycles.